The van der Waals surface area contributed by atoms with Gasteiger partial charge in [-0.2, -0.15) is 0 Å². The third kappa shape index (κ3) is 3.98. The molecule has 0 bridgehead atoms. The van der Waals surface area contributed by atoms with Crippen LogP contribution in [0, 0.1) is 0 Å². The van der Waals surface area contributed by atoms with Crippen LogP contribution in [-0.4, -0.2) is 65.9 Å². The van der Waals surface area contributed by atoms with Gasteiger partial charge >= 0.3 is 6.03 Å². The van der Waals surface area contributed by atoms with E-state index in [0.717, 1.165) is 45.4 Å². The van der Waals surface area contributed by atoms with Crippen molar-refractivity contribution in [2.24, 2.45) is 0 Å². The minimum absolute atomic E-state index is 0.0699. The fourth-order valence-electron chi connectivity index (χ4n) is 4.43. The maximum absolute atomic E-state index is 12.6. The summed E-state index contributed by atoms with van der Waals surface area (Å²) in [7, 11) is 0. The summed E-state index contributed by atoms with van der Waals surface area (Å²) < 4.78 is 0. The van der Waals surface area contributed by atoms with Crippen LogP contribution in [0.2, 0.25) is 0 Å². The van der Waals surface area contributed by atoms with Crippen molar-refractivity contribution in [3.8, 4) is 0 Å². The second-order valence-electron chi connectivity index (χ2n) is 7.66. The van der Waals surface area contributed by atoms with E-state index in [1.165, 1.54) is 11.1 Å². The number of urea groups is 1. The quantitative estimate of drug-likeness (QED) is 0.764. The lowest BCUT2D eigenvalue weighted by atomic mass is 10.1. The monoisotopic (exact) mass is 370 g/mol. The highest BCUT2D eigenvalue weighted by Gasteiger charge is 2.31. The zero-order chi connectivity index (χ0) is 18.8. The lowest BCUT2D eigenvalue weighted by Crippen LogP contribution is -2.40. The van der Waals surface area contributed by atoms with Gasteiger partial charge in [0.2, 0.25) is 5.91 Å². The van der Waals surface area contributed by atoms with Gasteiger partial charge < -0.3 is 10.2 Å². The average molecular weight is 370 g/mol. The number of amides is 4. The van der Waals surface area contributed by atoms with Crippen molar-refractivity contribution in [1.29, 1.82) is 0 Å². The summed E-state index contributed by atoms with van der Waals surface area (Å²) in [6, 6.07) is 8.15. The fraction of sp³-hybridized carbons (Fsp3) is 0.550. The Bertz CT molecular complexity index is 725. The molecule has 2 N–H and O–H groups in total. The van der Waals surface area contributed by atoms with Crippen LogP contribution in [-0.2, 0) is 22.4 Å². The first-order valence-corrected chi connectivity index (χ1v) is 9.80. The molecular formula is C20H26N4O3. The largest absolute Gasteiger partial charge is 0.341 e. The molecule has 2 heterocycles. The van der Waals surface area contributed by atoms with Crippen LogP contribution in [0.1, 0.15) is 30.4 Å². The van der Waals surface area contributed by atoms with E-state index in [-0.39, 0.29) is 18.2 Å². The summed E-state index contributed by atoms with van der Waals surface area (Å²) in [5, 5.41) is 4.75. The second kappa shape index (κ2) is 7.68. The molecule has 1 atom stereocenters. The van der Waals surface area contributed by atoms with Gasteiger partial charge in [-0.3, -0.25) is 19.8 Å². The Balaban J connectivity index is 1.27. The Morgan fingerprint density at radius 1 is 1.04 bits per heavy atom. The summed E-state index contributed by atoms with van der Waals surface area (Å²) in [5.41, 5.74) is 2.91. The maximum atomic E-state index is 12.6. The first-order valence-electron chi connectivity index (χ1n) is 9.80. The highest BCUT2D eigenvalue weighted by molar-refractivity contribution is 6.04. The molecule has 1 aliphatic carbocycles. The molecule has 2 aliphatic heterocycles. The highest BCUT2D eigenvalue weighted by Crippen LogP contribution is 2.26. The Labute approximate surface area is 159 Å². The van der Waals surface area contributed by atoms with Crippen LogP contribution < -0.4 is 10.6 Å². The first kappa shape index (κ1) is 18.0. The van der Waals surface area contributed by atoms with Gasteiger partial charge in [-0.25, -0.2) is 4.79 Å². The van der Waals surface area contributed by atoms with Crippen molar-refractivity contribution in [3.05, 3.63) is 35.4 Å². The average Bonchev–Trinajstić information content (AvgIpc) is 3.12. The van der Waals surface area contributed by atoms with E-state index in [1.807, 2.05) is 4.90 Å². The van der Waals surface area contributed by atoms with Crippen molar-refractivity contribution < 1.29 is 14.4 Å². The molecule has 144 valence electrons. The second-order valence-corrected chi connectivity index (χ2v) is 7.66. The van der Waals surface area contributed by atoms with E-state index < -0.39 is 12.1 Å². The fourth-order valence-corrected chi connectivity index (χ4v) is 4.43. The first-order chi connectivity index (χ1) is 13.1. The third-order valence-corrected chi connectivity index (χ3v) is 5.93. The Morgan fingerprint density at radius 2 is 1.78 bits per heavy atom. The third-order valence-electron chi connectivity index (χ3n) is 5.93. The Morgan fingerprint density at radius 3 is 2.44 bits per heavy atom. The molecule has 27 heavy (non-hydrogen) atoms. The number of hydrogen-bond donors (Lipinski definition) is 2. The van der Waals surface area contributed by atoms with Crippen molar-refractivity contribution in [2.45, 2.75) is 44.2 Å². The lowest BCUT2D eigenvalue weighted by molar-refractivity contribution is -0.131. The van der Waals surface area contributed by atoms with Gasteiger partial charge in [-0.05, 0) is 36.8 Å². The molecule has 1 unspecified atom stereocenters. The summed E-state index contributed by atoms with van der Waals surface area (Å²) >= 11 is 0. The van der Waals surface area contributed by atoms with Crippen LogP contribution in [0.3, 0.4) is 0 Å². The highest BCUT2D eigenvalue weighted by atomic mass is 16.2. The van der Waals surface area contributed by atoms with E-state index in [4.69, 9.17) is 0 Å². The van der Waals surface area contributed by atoms with Crippen molar-refractivity contribution in [1.82, 2.24) is 20.4 Å². The Hall–Kier alpha value is -2.41. The van der Waals surface area contributed by atoms with Gasteiger partial charge in [0.1, 0.15) is 6.04 Å². The number of nitrogens with one attached hydrogen (secondary N) is 2. The number of carbonyl (C=O) groups excluding carboxylic acids is 3. The molecule has 2 saturated heterocycles. The van der Waals surface area contributed by atoms with Gasteiger partial charge in [0.15, 0.2) is 0 Å². The van der Waals surface area contributed by atoms with Crippen LogP contribution in [0.5, 0.6) is 0 Å². The van der Waals surface area contributed by atoms with Crippen molar-refractivity contribution in [2.75, 3.05) is 26.2 Å². The van der Waals surface area contributed by atoms with Crippen LogP contribution in [0.4, 0.5) is 4.79 Å². The Kier molecular flexibility index (Phi) is 5.11. The number of rotatable bonds is 4. The standard InChI is InChI=1S/C20H26N4O3/c25-18(7-6-17-19(26)22-20(27)21-17)24-9-3-8-23(10-11-24)16-12-14-4-1-2-5-15(14)13-16/h1-2,4-5,16-17H,3,6-13H2,(H2,21,22,26,27). The number of nitrogens with zero attached hydrogens (tertiary/aromatic N) is 2. The van der Waals surface area contributed by atoms with Gasteiger partial charge in [-0.1, -0.05) is 24.3 Å². The minimum Gasteiger partial charge on any atom is -0.341 e. The molecule has 4 amide bonds. The molecular weight excluding hydrogens is 344 g/mol. The SMILES string of the molecule is O=C1NC(=O)C(CCC(=O)N2CCCN(C3Cc4ccccc4C3)CC2)N1. The zero-order valence-corrected chi connectivity index (χ0v) is 15.4. The molecule has 4 rings (SSSR count). The van der Waals surface area contributed by atoms with Crippen LogP contribution in [0.15, 0.2) is 24.3 Å². The molecule has 0 radical (unpaired) electrons. The van der Waals surface area contributed by atoms with E-state index >= 15 is 0 Å². The topological polar surface area (TPSA) is 81.8 Å². The van der Waals surface area contributed by atoms with Crippen LogP contribution >= 0.6 is 0 Å². The van der Waals surface area contributed by atoms with E-state index in [1.54, 1.807) is 0 Å². The summed E-state index contributed by atoms with van der Waals surface area (Å²) in [6.07, 6.45) is 3.81. The van der Waals surface area contributed by atoms with Gasteiger partial charge in [0, 0.05) is 38.6 Å². The molecule has 7 heteroatoms. The molecule has 0 spiro atoms. The maximum Gasteiger partial charge on any atom is 0.322 e. The van der Waals surface area contributed by atoms with Crippen molar-refractivity contribution >= 4 is 17.8 Å². The number of benzene rings is 1. The smallest absolute Gasteiger partial charge is 0.322 e. The molecule has 3 aliphatic rings. The number of imide groups is 1. The number of hydrogen-bond acceptors (Lipinski definition) is 4. The van der Waals surface area contributed by atoms with Crippen molar-refractivity contribution in [3.63, 3.8) is 0 Å². The van der Waals surface area contributed by atoms with Gasteiger partial charge in [0.05, 0.1) is 0 Å². The van der Waals surface area contributed by atoms with Gasteiger partial charge in [-0.15, -0.1) is 0 Å². The molecule has 0 aromatic heterocycles. The molecule has 2 fully saturated rings. The van der Waals surface area contributed by atoms with Crippen LogP contribution in [0.25, 0.3) is 0 Å². The molecule has 7 nitrogen and oxygen atoms in total. The summed E-state index contributed by atoms with van der Waals surface area (Å²) in [6.45, 7) is 3.40. The number of carbonyl (C=O) groups is 3. The summed E-state index contributed by atoms with van der Waals surface area (Å²) in [5.74, 6) is -0.267. The molecule has 1 aromatic rings. The zero-order valence-electron chi connectivity index (χ0n) is 15.4. The lowest BCUT2D eigenvalue weighted by Gasteiger charge is -2.27. The normalized spacial score (nSPS) is 23.7. The number of fused-ring (bicyclic) bond motifs is 1. The molecule has 1 aromatic carbocycles. The molecule has 0 saturated carbocycles. The minimum atomic E-state index is -0.582. The predicted molar refractivity (Wildman–Crippen MR) is 100 cm³/mol. The predicted octanol–water partition coefficient (Wildman–Crippen LogP) is 0.676. The van der Waals surface area contributed by atoms with Gasteiger partial charge in [0.25, 0.3) is 5.91 Å². The summed E-state index contributed by atoms with van der Waals surface area (Å²) in [4.78, 5) is 39.7. The van der Waals surface area contributed by atoms with E-state index in [9.17, 15) is 14.4 Å². The van der Waals surface area contributed by atoms with E-state index in [2.05, 4.69) is 39.8 Å². The van der Waals surface area contributed by atoms with E-state index in [0.29, 0.717) is 12.5 Å².